The Morgan fingerprint density at radius 1 is 1.24 bits per heavy atom. The van der Waals surface area contributed by atoms with Gasteiger partial charge < -0.3 is 26.1 Å². The van der Waals surface area contributed by atoms with E-state index in [1.165, 1.54) is 6.92 Å². The van der Waals surface area contributed by atoms with Crippen molar-refractivity contribution in [1.29, 1.82) is 5.41 Å². The molecule has 9 heteroatoms. The van der Waals surface area contributed by atoms with E-state index in [-0.39, 0.29) is 5.82 Å². The molecular weight excluding hydrogens is 370 g/mol. The second kappa shape index (κ2) is 9.43. The van der Waals surface area contributed by atoms with E-state index in [1.54, 1.807) is 45.3 Å². The Balaban J connectivity index is 0.000000278. The predicted molar refractivity (Wildman–Crippen MR) is 110 cm³/mol. The molecule has 1 unspecified atom stereocenters. The number of nitrogens with zero attached hydrogens (tertiary/aromatic N) is 4. The van der Waals surface area contributed by atoms with Crippen LogP contribution in [0.25, 0.3) is 0 Å². The SMILES string of the molecule is CC(=N)c1ccc(C#CC(C)(O)c2noc(C)n2)cc1.CNc1ccnc(N)n1. The summed E-state index contributed by atoms with van der Waals surface area (Å²) in [6.45, 7) is 4.89. The van der Waals surface area contributed by atoms with Gasteiger partial charge in [0.05, 0.1) is 0 Å². The number of aromatic nitrogens is 4. The highest BCUT2D eigenvalue weighted by atomic mass is 16.5. The molecule has 3 rings (SSSR count). The van der Waals surface area contributed by atoms with Gasteiger partial charge in [-0.25, -0.2) is 4.98 Å². The van der Waals surface area contributed by atoms with E-state index in [4.69, 9.17) is 15.7 Å². The molecule has 3 aromatic rings. The van der Waals surface area contributed by atoms with Crippen molar-refractivity contribution >= 4 is 17.5 Å². The molecule has 0 amide bonds. The van der Waals surface area contributed by atoms with Crippen LogP contribution in [0.2, 0.25) is 0 Å². The van der Waals surface area contributed by atoms with Crippen molar-refractivity contribution in [3.8, 4) is 11.8 Å². The molecule has 9 nitrogen and oxygen atoms in total. The van der Waals surface area contributed by atoms with Crippen LogP contribution < -0.4 is 11.1 Å². The third kappa shape index (κ3) is 6.41. The Bertz CT molecular complexity index is 1030. The van der Waals surface area contributed by atoms with E-state index in [2.05, 4.69) is 37.3 Å². The smallest absolute Gasteiger partial charge is 0.223 e. The molecule has 2 aromatic heterocycles. The average molecular weight is 393 g/mol. The van der Waals surface area contributed by atoms with Gasteiger partial charge in [-0.05, 0) is 37.6 Å². The number of hydrogen-bond acceptors (Lipinski definition) is 9. The summed E-state index contributed by atoms with van der Waals surface area (Å²) in [5.41, 5.74) is 5.90. The number of benzene rings is 1. The van der Waals surface area contributed by atoms with Gasteiger partial charge in [0.2, 0.25) is 17.7 Å². The first-order chi connectivity index (χ1) is 13.7. The first-order valence-electron chi connectivity index (χ1n) is 8.69. The molecule has 1 aromatic carbocycles. The van der Waals surface area contributed by atoms with Crippen molar-refractivity contribution in [1.82, 2.24) is 20.1 Å². The monoisotopic (exact) mass is 393 g/mol. The number of nitrogen functional groups attached to an aromatic ring is 1. The highest BCUT2D eigenvalue weighted by molar-refractivity contribution is 5.96. The van der Waals surface area contributed by atoms with E-state index in [0.717, 1.165) is 16.9 Å². The fraction of sp³-hybridized carbons (Fsp3) is 0.250. The zero-order valence-electron chi connectivity index (χ0n) is 16.7. The maximum Gasteiger partial charge on any atom is 0.223 e. The second-order valence-corrected chi connectivity index (χ2v) is 6.21. The molecule has 0 fully saturated rings. The highest BCUT2D eigenvalue weighted by Gasteiger charge is 2.26. The first kappa shape index (κ1) is 21.5. The molecule has 0 aliphatic carbocycles. The van der Waals surface area contributed by atoms with Gasteiger partial charge in [0.1, 0.15) is 5.82 Å². The Labute approximate surface area is 168 Å². The molecule has 0 saturated heterocycles. The van der Waals surface area contributed by atoms with Crippen molar-refractivity contribution in [2.45, 2.75) is 26.4 Å². The van der Waals surface area contributed by atoms with E-state index < -0.39 is 5.60 Å². The van der Waals surface area contributed by atoms with Gasteiger partial charge in [-0.2, -0.15) is 9.97 Å². The first-order valence-corrected chi connectivity index (χ1v) is 8.69. The van der Waals surface area contributed by atoms with Crippen LogP contribution in [0, 0.1) is 24.2 Å². The molecule has 150 valence electrons. The van der Waals surface area contributed by atoms with Gasteiger partial charge in [-0.15, -0.1) is 0 Å². The van der Waals surface area contributed by atoms with E-state index in [0.29, 0.717) is 17.6 Å². The Hall–Kier alpha value is -3.77. The summed E-state index contributed by atoms with van der Waals surface area (Å²) < 4.78 is 4.83. The van der Waals surface area contributed by atoms with Gasteiger partial charge in [0.15, 0.2) is 5.60 Å². The summed E-state index contributed by atoms with van der Waals surface area (Å²) in [7, 11) is 1.78. The van der Waals surface area contributed by atoms with Crippen molar-refractivity contribution in [2.24, 2.45) is 0 Å². The standard InChI is InChI=1S/C15H15N3O2.C5H8N4/c1-10(16)13-6-4-12(5-7-13)8-9-15(3,19)14-17-11(2)20-18-14;1-7-4-2-3-8-5(6)9-4/h4-7,16,19H,1-3H3;2-3H,1H3,(H3,6,7,8,9). The minimum atomic E-state index is -1.46. The number of nitrogens with one attached hydrogen (secondary N) is 2. The van der Waals surface area contributed by atoms with Crippen LogP contribution in [0.15, 0.2) is 41.1 Å². The van der Waals surface area contributed by atoms with Gasteiger partial charge in [0, 0.05) is 31.4 Å². The van der Waals surface area contributed by atoms with E-state index in [1.807, 2.05) is 12.1 Å². The van der Waals surface area contributed by atoms with Crippen LogP contribution >= 0.6 is 0 Å². The van der Waals surface area contributed by atoms with Crippen LogP contribution in [0.5, 0.6) is 0 Å². The van der Waals surface area contributed by atoms with Gasteiger partial charge in [-0.1, -0.05) is 29.1 Å². The van der Waals surface area contributed by atoms with E-state index in [9.17, 15) is 5.11 Å². The van der Waals surface area contributed by atoms with Crippen LogP contribution in [-0.2, 0) is 5.60 Å². The summed E-state index contributed by atoms with van der Waals surface area (Å²) in [5.74, 6) is 7.15. The minimum absolute atomic E-state index is 0.148. The van der Waals surface area contributed by atoms with Crippen molar-refractivity contribution in [3.05, 3.63) is 59.4 Å². The quantitative estimate of drug-likeness (QED) is 0.391. The third-order valence-corrected chi connectivity index (χ3v) is 3.66. The molecule has 0 aliphatic heterocycles. The zero-order valence-corrected chi connectivity index (χ0v) is 16.7. The second-order valence-electron chi connectivity index (χ2n) is 6.21. The number of rotatable bonds is 3. The highest BCUT2D eigenvalue weighted by Crippen LogP contribution is 2.16. The van der Waals surface area contributed by atoms with Crippen LogP contribution in [0.4, 0.5) is 11.8 Å². The maximum atomic E-state index is 10.2. The summed E-state index contributed by atoms with van der Waals surface area (Å²) in [4.78, 5) is 11.5. The molecule has 0 spiro atoms. The minimum Gasteiger partial charge on any atom is -0.373 e. The fourth-order valence-corrected chi connectivity index (χ4v) is 2.06. The fourth-order valence-electron chi connectivity index (χ4n) is 2.06. The number of aliphatic hydroxyl groups is 1. The normalized spacial score (nSPS) is 11.9. The lowest BCUT2D eigenvalue weighted by molar-refractivity contribution is 0.108. The molecule has 0 aliphatic rings. The predicted octanol–water partition coefficient (Wildman–Crippen LogP) is 2.13. The zero-order chi connectivity index (χ0) is 21.4. The third-order valence-electron chi connectivity index (χ3n) is 3.66. The Morgan fingerprint density at radius 2 is 1.93 bits per heavy atom. The molecule has 0 bridgehead atoms. The van der Waals surface area contributed by atoms with Crippen LogP contribution in [-0.4, -0.2) is 38.0 Å². The lowest BCUT2D eigenvalue weighted by Crippen LogP contribution is -2.20. The maximum absolute atomic E-state index is 10.2. The number of hydrogen-bond donors (Lipinski definition) is 4. The van der Waals surface area contributed by atoms with Gasteiger partial charge in [-0.3, -0.25) is 0 Å². The van der Waals surface area contributed by atoms with Crippen LogP contribution in [0.3, 0.4) is 0 Å². The summed E-state index contributed by atoms with van der Waals surface area (Å²) in [6.07, 6.45) is 1.61. The largest absolute Gasteiger partial charge is 0.373 e. The molecule has 1 atom stereocenters. The Morgan fingerprint density at radius 3 is 2.41 bits per heavy atom. The summed E-state index contributed by atoms with van der Waals surface area (Å²) in [5, 5.41) is 24.2. The summed E-state index contributed by atoms with van der Waals surface area (Å²) >= 11 is 0. The van der Waals surface area contributed by atoms with Gasteiger partial charge >= 0.3 is 0 Å². The van der Waals surface area contributed by atoms with Crippen molar-refractivity contribution < 1.29 is 9.63 Å². The van der Waals surface area contributed by atoms with E-state index >= 15 is 0 Å². The number of aryl methyl sites for hydroxylation is 1. The Kier molecular flexibility index (Phi) is 7.00. The summed E-state index contributed by atoms with van der Waals surface area (Å²) in [6, 6.07) is 8.99. The number of anilines is 2. The lowest BCUT2D eigenvalue weighted by atomic mass is 10.1. The molecule has 29 heavy (non-hydrogen) atoms. The topological polar surface area (TPSA) is 147 Å². The molecule has 5 N–H and O–H groups in total. The molecule has 0 radical (unpaired) electrons. The average Bonchev–Trinajstić information content (AvgIpc) is 3.14. The van der Waals surface area contributed by atoms with Gasteiger partial charge in [0.25, 0.3) is 0 Å². The van der Waals surface area contributed by atoms with Crippen LogP contribution in [0.1, 0.15) is 36.7 Å². The molecule has 0 saturated carbocycles. The van der Waals surface area contributed by atoms with Crippen molar-refractivity contribution in [3.63, 3.8) is 0 Å². The number of nitrogens with two attached hydrogens (primary N) is 1. The lowest BCUT2D eigenvalue weighted by Gasteiger charge is -2.09. The molecule has 2 heterocycles. The molecular formula is C20H23N7O2. The van der Waals surface area contributed by atoms with Crippen molar-refractivity contribution in [2.75, 3.05) is 18.1 Å².